The molecule has 0 aliphatic carbocycles. The second-order valence-corrected chi connectivity index (χ2v) is 14.7. The maximum absolute atomic E-state index is 14.3. The number of rotatable bonds is 16. The van der Waals surface area contributed by atoms with E-state index in [4.69, 9.17) is 9.47 Å². The van der Waals surface area contributed by atoms with Gasteiger partial charge in [-0.05, 0) is 91.5 Å². The molecule has 268 valence electrons. The van der Waals surface area contributed by atoms with Gasteiger partial charge in [0.1, 0.15) is 23.4 Å². The van der Waals surface area contributed by atoms with Crippen molar-refractivity contribution in [2.75, 3.05) is 13.1 Å². The number of nitrogens with one attached hydrogen (secondary N) is 2. The van der Waals surface area contributed by atoms with Crippen LogP contribution in [0.2, 0.25) is 0 Å². The first-order valence-corrected chi connectivity index (χ1v) is 16.8. The van der Waals surface area contributed by atoms with Crippen molar-refractivity contribution in [3.05, 3.63) is 48.0 Å². The van der Waals surface area contributed by atoms with Gasteiger partial charge in [-0.15, -0.1) is 0 Å². The van der Waals surface area contributed by atoms with Crippen LogP contribution in [0.25, 0.3) is 0 Å². The van der Waals surface area contributed by atoms with Gasteiger partial charge in [0.2, 0.25) is 12.3 Å². The summed E-state index contributed by atoms with van der Waals surface area (Å²) in [4.78, 5) is 66.6. The van der Waals surface area contributed by atoms with Gasteiger partial charge in [-0.3, -0.25) is 9.59 Å². The maximum atomic E-state index is 14.3. The van der Waals surface area contributed by atoms with Crippen LogP contribution in [0.1, 0.15) is 93.1 Å². The topological polar surface area (TPSA) is 155 Å². The van der Waals surface area contributed by atoms with E-state index >= 15 is 0 Å². The van der Waals surface area contributed by atoms with Gasteiger partial charge < -0.3 is 35.0 Å². The Morgan fingerprint density at radius 2 is 1.62 bits per heavy atom. The van der Waals surface area contributed by atoms with E-state index in [-0.39, 0.29) is 31.2 Å². The summed E-state index contributed by atoms with van der Waals surface area (Å²) in [6, 6.07) is 7.97. The molecule has 1 aromatic carbocycles. The quantitative estimate of drug-likeness (QED) is 0.118. The van der Waals surface area contributed by atoms with E-state index in [1.807, 2.05) is 50.3 Å². The molecule has 1 saturated heterocycles. The number of nitrogens with zero attached hydrogens (tertiary/aromatic N) is 2. The van der Waals surface area contributed by atoms with Crippen molar-refractivity contribution in [1.82, 2.24) is 20.4 Å². The highest BCUT2D eigenvalue weighted by molar-refractivity contribution is 5.82. The van der Waals surface area contributed by atoms with Crippen LogP contribution in [-0.4, -0.2) is 87.9 Å². The molecule has 48 heavy (non-hydrogen) atoms. The number of amides is 4. The van der Waals surface area contributed by atoms with E-state index in [0.717, 1.165) is 5.56 Å². The van der Waals surface area contributed by atoms with Crippen LogP contribution in [0, 0.1) is 11.8 Å². The standard InChI is InChI=1S/C36H56N4O8/c1-25(2)22-28(38-34(46)48-36(6,7)8)19-18-27(23-26-14-10-9-11-15-26)31(42)39-21-13-17-30(39)40(24-41)29(32(43)44)16-12-20-37-33(45)47-35(3,4)5/h9-11,14-15,18-19,24-25,27-30H,12-13,16-17,20-23H2,1-8H3,(H,37,45)(H,38,46)(H,43,44)/b19-18+/t27-,28+,29?,30+/m0/s1. The molecule has 0 aromatic heterocycles. The van der Waals surface area contributed by atoms with Gasteiger partial charge >= 0.3 is 18.2 Å². The lowest BCUT2D eigenvalue weighted by molar-refractivity contribution is -0.154. The van der Waals surface area contributed by atoms with Crippen LogP contribution in [0.5, 0.6) is 0 Å². The lowest BCUT2D eigenvalue weighted by Crippen LogP contribution is -2.54. The Balaban J connectivity index is 2.29. The number of ether oxygens (including phenoxy) is 2. The normalized spacial score (nSPS) is 17.0. The largest absolute Gasteiger partial charge is 0.480 e. The lowest BCUT2D eigenvalue weighted by atomic mass is 9.95. The van der Waals surface area contributed by atoms with Gasteiger partial charge in [-0.25, -0.2) is 14.4 Å². The van der Waals surface area contributed by atoms with Crippen LogP contribution in [0.3, 0.4) is 0 Å². The molecule has 2 rings (SSSR count). The summed E-state index contributed by atoms with van der Waals surface area (Å²) in [6.45, 7) is 15.2. The van der Waals surface area contributed by atoms with E-state index in [1.165, 1.54) is 4.90 Å². The highest BCUT2D eigenvalue weighted by atomic mass is 16.6. The Kier molecular flexibility index (Phi) is 15.4. The van der Waals surface area contributed by atoms with E-state index in [9.17, 15) is 29.1 Å². The molecule has 0 saturated carbocycles. The first-order chi connectivity index (χ1) is 22.4. The fourth-order valence-corrected chi connectivity index (χ4v) is 5.61. The summed E-state index contributed by atoms with van der Waals surface area (Å²) in [7, 11) is 0. The number of carbonyl (C=O) groups is 5. The van der Waals surface area contributed by atoms with Gasteiger partial charge in [0.15, 0.2) is 0 Å². The first-order valence-electron chi connectivity index (χ1n) is 16.8. The predicted octanol–water partition coefficient (Wildman–Crippen LogP) is 5.51. The van der Waals surface area contributed by atoms with Gasteiger partial charge in [0, 0.05) is 13.1 Å². The monoisotopic (exact) mass is 672 g/mol. The minimum absolute atomic E-state index is 0.0724. The second kappa shape index (κ2) is 18.5. The third kappa shape index (κ3) is 14.4. The third-order valence-corrected chi connectivity index (χ3v) is 7.56. The summed E-state index contributed by atoms with van der Waals surface area (Å²) in [5.74, 6) is -1.82. The van der Waals surface area contributed by atoms with Crippen molar-refractivity contribution in [2.45, 2.75) is 123 Å². The average Bonchev–Trinajstić information content (AvgIpc) is 3.44. The van der Waals surface area contributed by atoms with Gasteiger partial charge in [-0.1, -0.05) is 56.3 Å². The molecule has 12 nitrogen and oxygen atoms in total. The number of carboxylic acids is 1. The van der Waals surface area contributed by atoms with Crippen LogP contribution in [0.15, 0.2) is 42.5 Å². The molecular formula is C36H56N4O8. The molecule has 1 unspecified atom stereocenters. The average molecular weight is 673 g/mol. The molecule has 0 radical (unpaired) electrons. The summed E-state index contributed by atoms with van der Waals surface area (Å²) in [5.41, 5.74) is -0.401. The molecule has 1 aliphatic heterocycles. The minimum atomic E-state index is -1.20. The molecule has 1 fully saturated rings. The molecule has 1 heterocycles. The highest BCUT2D eigenvalue weighted by Crippen LogP contribution is 2.27. The number of benzene rings is 1. The number of hydrogen-bond donors (Lipinski definition) is 3. The summed E-state index contributed by atoms with van der Waals surface area (Å²) in [5, 5.41) is 15.6. The van der Waals surface area contributed by atoms with Crippen molar-refractivity contribution in [2.24, 2.45) is 11.8 Å². The fourth-order valence-electron chi connectivity index (χ4n) is 5.61. The Bertz CT molecular complexity index is 1240. The van der Waals surface area contributed by atoms with Crippen molar-refractivity contribution in [3.8, 4) is 0 Å². The lowest BCUT2D eigenvalue weighted by Gasteiger charge is -2.37. The van der Waals surface area contributed by atoms with E-state index in [1.54, 1.807) is 52.5 Å². The van der Waals surface area contributed by atoms with Gasteiger partial charge in [0.25, 0.3) is 0 Å². The number of carboxylic acid groups (broad SMARTS) is 1. The molecule has 3 N–H and O–H groups in total. The van der Waals surface area contributed by atoms with Gasteiger partial charge in [-0.2, -0.15) is 0 Å². The number of aliphatic carboxylic acids is 1. The van der Waals surface area contributed by atoms with Crippen molar-refractivity contribution < 1.29 is 38.6 Å². The van der Waals surface area contributed by atoms with Crippen LogP contribution in [-0.2, 0) is 30.3 Å². The van der Waals surface area contributed by atoms with Crippen LogP contribution in [0.4, 0.5) is 9.59 Å². The minimum Gasteiger partial charge on any atom is -0.480 e. The molecular weight excluding hydrogens is 616 g/mol. The SMILES string of the molecule is CC(C)C[C@@H](/C=C/[C@@H](Cc1ccccc1)C(=O)N1CCC[C@H]1N(C=O)C(CCCNC(=O)OC(C)(C)C)C(=O)O)NC(=O)OC(C)(C)C. The Morgan fingerprint density at radius 3 is 2.19 bits per heavy atom. The summed E-state index contributed by atoms with van der Waals surface area (Å²) >= 11 is 0. The molecule has 1 aliphatic rings. The van der Waals surface area contributed by atoms with Crippen LogP contribution < -0.4 is 10.6 Å². The van der Waals surface area contributed by atoms with E-state index < -0.39 is 53.5 Å². The number of likely N-dealkylation sites (tertiary alicyclic amines) is 1. The summed E-state index contributed by atoms with van der Waals surface area (Å²) in [6.07, 6.45) is 4.62. The maximum Gasteiger partial charge on any atom is 0.408 e. The molecule has 4 amide bonds. The molecule has 0 bridgehead atoms. The number of alkyl carbamates (subject to hydrolysis) is 2. The molecule has 4 atom stereocenters. The van der Waals surface area contributed by atoms with Crippen molar-refractivity contribution in [3.63, 3.8) is 0 Å². The Hall–Kier alpha value is -4.09. The second-order valence-electron chi connectivity index (χ2n) is 14.7. The summed E-state index contributed by atoms with van der Waals surface area (Å²) < 4.78 is 10.7. The molecule has 0 spiro atoms. The Labute approximate surface area is 285 Å². The van der Waals surface area contributed by atoms with Crippen LogP contribution >= 0.6 is 0 Å². The predicted molar refractivity (Wildman–Crippen MR) is 183 cm³/mol. The van der Waals surface area contributed by atoms with Crippen molar-refractivity contribution in [1.29, 1.82) is 0 Å². The zero-order valence-electron chi connectivity index (χ0n) is 29.9. The molecule has 1 aromatic rings. The number of hydrogen-bond acceptors (Lipinski definition) is 7. The fraction of sp³-hybridized carbons (Fsp3) is 0.639. The zero-order valence-corrected chi connectivity index (χ0v) is 29.9. The van der Waals surface area contributed by atoms with E-state index in [2.05, 4.69) is 10.6 Å². The van der Waals surface area contributed by atoms with Gasteiger partial charge in [0.05, 0.1) is 12.0 Å². The highest BCUT2D eigenvalue weighted by Gasteiger charge is 2.40. The van der Waals surface area contributed by atoms with E-state index in [0.29, 0.717) is 38.6 Å². The third-order valence-electron chi connectivity index (χ3n) is 7.56. The smallest absolute Gasteiger partial charge is 0.408 e. The van der Waals surface area contributed by atoms with Crippen molar-refractivity contribution >= 4 is 30.5 Å². The zero-order chi connectivity index (χ0) is 36.1. The number of carbonyl (C=O) groups excluding carboxylic acids is 4. The molecule has 12 heteroatoms. The first kappa shape index (κ1) is 40.1. The Morgan fingerprint density at radius 1 is 1.00 bits per heavy atom.